The zero-order valence-electron chi connectivity index (χ0n) is 10.8. The van der Waals surface area contributed by atoms with E-state index in [0.717, 1.165) is 26.0 Å². The molecule has 1 rings (SSSR count). The molecule has 0 radical (unpaired) electrons. The normalized spacial score (nSPS) is 17.1. The second-order valence-corrected chi connectivity index (χ2v) is 4.72. The Hall–Kier alpha value is -0.630. The summed E-state index contributed by atoms with van der Waals surface area (Å²) in [7, 11) is 0. The highest BCUT2D eigenvalue weighted by Gasteiger charge is 2.29. The molecule has 17 heavy (non-hydrogen) atoms. The van der Waals surface area contributed by atoms with Gasteiger partial charge in [0.1, 0.15) is 0 Å². The van der Waals surface area contributed by atoms with Crippen molar-refractivity contribution in [2.45, 2.75) is 51.2 Å². The number of ether oxygens (including phenoxy) is 1. The van der Waals surface area contributed by atoms with E-state index in [9.17, 15) is 5.11 Å². The number of hydrogen-bond acceptors (Lipinski definition) is 4. The molecule has 0 aromatic rings. The largest absolute Gasteiger partial charge is 0.389 e. The Balaban J connectivity index is 2.12. The highest BCUT2D eigenvalue weighted by atomic mass is 16.5. The number of hydrogen-bond donors (Lipinski definition) is 1. The first-order valence-corrected chi connectivity index (χ1v) is 6.64. The van der Waals surface area contributed by atoms with E-state index in [1.165, 1.54) is 12.8 Å². The number of nitrogens with zero attached hydrogens (tertiary/aromatic N) is 2. The van der Waals surface area contributed by atoms with Crippen molar-refractivity contribution in [2.75, 3.05) is 26.3 Å². The molecule has 0 amide bonds. The summed E-state index contributed by atoms with van der Waals surface area (Å²) in [5.74, 6) is 0. The first-order valence-electron chi connectivity index (χ1n) is 6.64. The van der Waals surface area contributed by atoms with Crippen LogP contribution in [0.1, 0.15) is 39.0 Å². The average molecular weight is 240 g/mol. The summed E-state index contributed by atoms with van der Waals surface area (Å²) < 4.78 is 5.40. The molecule has 0 heterocycles. The van der Waals surface area contributed by atoms with Crippen LogP contribution in [0.5, 0.6) is 0 Å². The fourth-order valence-corrected chi connectivity index (χ4v) is 1.85. The number of unbranched alkanes of at least 4 members (excludes halogenated alkanes) is 1. The van der Waals surface area contributed by atoms with Gasteiger partial charge in [-0.3, -0.25) is 4.90 Å². The Morgan fingerprint density at radius 2 is 2.29 bits per heavy atom. The van der Waals surface area contributed by atoms with Crippen LogP contribution in [0.2, 0.25) is 0 Å². The van der Waals surface area contributed by atoms with E-state index in [1.807, 2.05) is 0 Å². The highest BCUT2D eigenvalue weighted by Crippen LogP contribution is 2.26. The molecule has 98 valence electrons. The topological polar surface area (TPSA) is 56.5 Å². The molecule has 0 saturated heterocycles. The van der Waals surface area contributed by atoms with Crippen molar-refractivity contribution in [3.8, 4) is 6.07 Å². The lowest BCUT2D eigenvalue weighted by Gasteiger charge is -2.23. The molecular weight excluding hydrogens is 216 g/mol. The minimum absolute atomic E-state index is 0.412. The second-order valence-electron chi connectivity index (χ2n) is 4.72. The molecule has 0 bridgehead atoms. The maximum absolute atomic E-state index is 9.85. The SMILES string of the molecule is CCCCOCC(O)CN(CCC#N)C1CC1. The molecule has 4 nitrogen and oxygen atoms in total. The Bertz CT molecular complexity index is 236. The standard InChI is InChI=1S/C13H24N2O2/c1-2-3-9-17-11-13(16)10-15(8-4-7-14)12-5-6-12/h12-13,16H,2-6,8-11H2,1H3. The van der Waals surface area contributed by atoms with Crippen LogP contribution in [0.4, 0.5) is 0 Å². The number of rotatable bonds is 10. The summed E-state index contributed by atoms with van der Waals surface area (Å²) in [6.45, 7) is 4.67. The van der Waals surface area contributed by atoms with Crippen LogP contribution in [-0.2, 0) is 4.74 Å². The molecule has 0 aromatic carbocycles. The maximum atomic E-state index is 9.85. The van der Waals surface area contributed by atoms with Gasteiger partial charge in [0.25, 0.3) is 0 Å². The smallest absolute Gasteiger partial charge is 0.0900 e. The van der Waals surface area contributed by atoms with Crippen molar-refractivity contribution in [3.05, 3.63) is 0 Å². The predicted octanol–water partition coefficient (Wildman–Crippen LogP) is 1.54. The summed E-state index contributed by atoms with van der Waals surface area (Å²) >= 11 is 0. The zero-order valence-corrected chi connectivity index (χ0v) is 10.8. The molecule has 1 unspecified atom stereocenters. The van der Waals surface area contributed by atoms with Crippen molar-refractivity contribution < 1.29 is 9.84 Å². The number of aliphatic hydroxyl groups is 1. The fraction of sp³-hybridized carbons (Fsp3) is 0.923. The lowest BCUT2D eigenvalue weighted by atomic mass is 10.3. The van der Waals surface area contributed by atoms with Gasteiger partial charge < -0.3 is 9.84 Å². The van der Waals surface area contributed by atoms with Crippen LogP contribution in [0, 0.1) is 11.3 Å². The molecule has 1 fully saturated rings. The van der Waals surface area contributed by atoms with Gasteiger partial charge in [0.05, 0.1) is 18.8 Å². The first-order chi connectivity index (χ1) is 8.27. The predicted molar refractivity (Wildman–Crippen MR) is 66.6 cm³/mol. The molecule has 1 aliphatic rings. The van der Waals surface area contributed by atoms with Crippen molar-refractivity contribution >= 4 is 0 Å². The molecule has 1 saturated carbocycles. The summed E-state index contributed by atoms with van der Waals surface area (Å²) in [5, 5.41) is 18.4. The number of nitriles is 1. The van der Waals surface area contributed by atoms with Gasteiger partial charge in [-0.15, -0.1) is 0 Å². The third-order valence-electron chi connectivity index (χ3n) is 2.97. The highest BCUT2D eigenvalue weighted by molar-refractivity contribution is 4.87. The molecule has 4 heteroatoms. The van der Waals surface area contributed by atoms with E-state index < -0.39 is 6.10 Å². The van der Waals surface area contributed by atoms with Crippen molar-refractivity contribution in [1.82, 2.24) is 4.90 Å². The molecule has 0 aromatic heterocycles. The fourth-order valence-electron chi connectivity index (χ4n) is 1.85. The second kappa shape index (κ2) is 8.46. The maximum Gasteiger partial charge on any atom is 0.0900 e. The molecule has 0 aliphatic heterocycles. The van der Waals surface area contributed by atoms with Crippen LogP contribution >= 0.6 is 0 Å². The van der Waals surface area contributed by atoms with Gasteiger partial charge in [-0.25, -0.2) is 0 Å². The van der Waals surface area contributed by atoms with Gasteiger partial charge in [-0.1, -0.05) is 13.3 Å². The minimum atomic E-state index is -0.425. The van der Waals surface area contributed by atoms with Gasteiger partial charge >= 0.3 is 0 Å². The van der Waals surface area contributed by atoms with E-state index in [-0.39, 0.29) is 0 Å². The van der Waals surface area contributed by atoms with Gasteiger partial charge in [0.15, 0.2) is 0 Å². The van der Waals surface area contributed by atoms with Crippen LogP contribution in [-0.4, -0.2) is 48.5 Å². The lowest BCUT2D eigenvalue weighted by molar-refractivity contribution is 0.0147. The Morgan fingerprint density at radius 1 is 1.53 bits per heavy atom. The van der Waals surface area contributed by atoms with Crippen LogP contribution < -0.4 is 0 Å². The summed E-state index contributed by atoms with van der Waals surface area (Å²) in [6.07, 6.45) is 4.69. The monoisotopic (exact) mass is 240 g/mol. The third-order valence-corrected chi connectivity index (χ3v) is 2.97. The van der Waals surface area contributed by atoms with Gasteiger partial charge in [0, 0.05) is 32.2 Å². The van der Waals surface area contributed by atoms with Crippen LogP contribution in [0.15, 0.2) is 0 Å². The molecule has 1 N–H and O–H groups in total. The van der Waals surface area contributed by atoms with E-state index >= 15 is 0 Å². The average Bonchev–Trinajstić information content (AvgIpc) is 3.14. The molecular formula is C13H24N2O2. The Labute approximate surface area is 104 Å². The van der Waals surface area contributed by atoms with E-state index in [4.69, 9.17) is 10.00 Å². The van der Waals surface area contributed by atoms with Gasteiger partial charge in [0.2, 0.25) is 0 Å². The van der Waals surface area contributed by atoms with Crippen molar-refractivity contribution in [2.24, 2.45) is 0 Å². The van der Waals surface area contributed by atoms with Crippen LogP contribution in [0.25, 0.3) is 0 Å². The molecule has 1 aliphatic carbocycles. The zero-order chi connectivity index (χ0) is 12.5. The first kappa shape index (κ1) is 14.4. The van der Waals surface area contributed by atoms with E-state index in [0.29, 0.717) is 25.6 Å². The van der Waals surface area contributed by atoms with Crippen molar-refractivity contribution in [1.29, 1.82) is 5.26 Å². The van der Waals surface area contributed by atoms with E-state index in [2.05, 4.69) is 17.9 Å². The number of aliphatic hydroxyl groups excluding tert-OH is 1. The summed E-state index contributed by atoms with van der Waals surface area (Å²) in [4.78, 5) is 2.22. The van der Waals surface area contributed by atoms with E-state index in [1.54, 1.807) is 0 Å². The summed E-state index contributed by atoms with van der Waals surface area (Å²) in [5.41, 5.74) is 0. The third kappa shape index (κ3) is 6.62. The molecule has 0 spiro atoms. The molecule has 1 atom stereocenters. The Morgan fingerprint density at radius 3 is 2.88 bits per heavy atom. The lowest BCUT2D eigenvalue weighted by Crippen LogP contribution is -2.37. The minimum Gasteiger partial charge on any atom is -0.389 e. The summed E-state index contributed by atoms with van der Waals surface area (Å²) in [6, 6.07) is 2.75. The Kier molecular flexibility index (Phi) is 7.18. The van der Waals surface area contributed by atoms with Gasteiger partial charge in [-0.2, -0.15) is 5.26 Å². The van der Waals surface area contributed by atoms with Crippen LogP contribution in [0.3, 0.4) is 0 Å². The van der Waals surface area contributed by atoms with Crippen molar-refractivity contribution in [3.63, 3.8) is 0 Å². The quantitative estimate of drug-likeness (QED) is 0.589. The van der Waals surface area contributed by atoms with Gasteiger partial charge in [-0.05, 0) is 19.3 Å².